The Balaban J connectivity index is 2.38. The Bertz CT molecular complexity index is 752. The maximum Gasteiger partial charge on any atom is 0.302 e. The van der Waals surface area contributed by atoms with Crippen molar-refractivity contribution in [3.05, 3.63) is 75.3 Å². The van der Waals surface area contributed by atoms with Crippen LogP contribution in [-0.4, -0.2) is 18.4 Å². The normalized spacial score (nSPS) is 11.2. The molecule has 0 aliphatic carbocycles. The van der Waals surface area contributed by atoms with Gasteiger partial charge in [0, 0.05) is 28.1 Å². The number of carbonyl (C=O) groups excluding carboxylic acids is 2. The second kappa shape index (κ2) is 7.95. The van der Waals surface area contributed by atoms with Crippen molar-refractivity contribution in [2.75, 3.05) is 6.61 Å². The summed E-state index contributed by atoms with van der Waals surface area (Å²) in [5.74, 6) is -0.683. The Hall–Kier alpha value is -2.10. The van der Waals surface area contributed by atoms with E-state index in [4.69, 9.17) is 27.9 Å². The zero-order valence-electron chi connectivity index (χ0n) is 12.4. The molecular weight excluding hydrogens is 335 g/mol. The van der Waals surface area contributed by atoms with Gasteiger partial charge in [-0.15, -0.1) is 0 Å². The fourth-order valence-electron chi connectivity index (χ4n) is 1.93. The van der Waals surface area contributed by atoms with Gasteiger partial charge in [-0.05, 0) is 23.8 Å². The average molecular weight is 349 g/mol. The molecule has 0 atom stereocenters. The lowest BCUT2D eigenvalue weighted by atomic mass is 10.0. The van der Waals surface area contributed by atoms with Gasteiger partial charge >= 0.3 is 5.97 Å². The van der Waals surface area contributed by atoms with E-state index < -0.39 is 5.97 Å². The van der Waals surface area contributed by atoms with E-state index >= 15 is 0 Å². The van der Waals surface area contributed by atoms with Gasteiger partial charge in [0.2, 0.25) is 0 Å². The van der Waals surface area contributed by atoms with E-state index in [1.807, 2.05) is 6.07 Å². The van der Waals surface area contributed by atoms with Crippen LogP contribution in [0.2, 0.25) is 10.0 Å². The largest absolute Gasteiger partial charge is 0.461 e. The molecule has 0 radical (unpaired) electrons. The average Bonchev–Trinajstić information content (AvgIpc) is 2.53. The zero-order valence-corrected chi connectivity index (χ0v) is 13.9. The SMILES string of the molecule is CC(=O)OC/C(=C\c1ccc(Cl)cc1Cl)C(=O)c1ccccc1. The molecule has 0 spiro atoms. The molecule has 23 heavy (non-hydrogen) atoms. The first-order valence-electron chi connectivity index (χ1n) is 6.86. The van der Waals surface area contributed by atoms with Gasteiger partial charge in [-0.2, -0.15) is 0 Å². The molecule has 0 saturated carbocycles. The molecule has 5 heteroatoms. The van der Waals surface area contributed by atoms with Crippen molar-refractivity contribution < 1.29 is 14.3 Å². The fraction of sp³-hybridized carbons (Fsp3) is 0.111. The Morgan fingerprint density at radius 3 is 2.39 bits per heavy atom. The van der Waals surface area contributed by atoms with Gasteiger partial charge in [-0.3, -0.25) is 9.59 Å². The summed E-state index contributed by atoms with van der Waals surface area (Å²) in [4.78, 5) is 23.7. The van der Waals surface area contributed by atoms with Crippen molar-refractivity contribution in [2.24, 2.45) is 0 Å². The number of hydrogen-bond donors (Lipinski definition) is 0. The predicted molar refractivity (Wildman–Crippen MR) is 91.8 cm³/mol. The molecule has 0 aliphatic rings. The van der Waals surface area contributed by atoms with Crippen LogP contribution in [0, 0.1) is 0 Å². The number of halogens is 2. The van der Waals surface area contributed by atoms with Crippen molar-refractivity contribution in [1.82, 2.24) is 0 Å². The summed E-state index contributed by atoms with van der Waals surface area (Å²) in [6, 6.07) is 13.7. The Morgan fingerprint density at radius 1 is 1.09 bits per heavy atom. The number of Topliss-reactive ketones (excluding diaryl/α,β-unsaturated/α-hetero) is 1. The quantitative estimate of drug-likeness (QED) is 0.441. The fourth-order valence-corrected chi connectivity index (χ4v) is 2.40. The molecule has 0 aromatic heterocycles. The number of esters is 1. The third-order valence-corrected chi connectivity index (χ3v) is 3.61. The van der Waals surface area contributed by atoms with Gasteiger partial charge in [-0.25, -0.2) is 0 Å². The third-order valence-electron chi connectivity index (χ3n) is 3.05. The van der Waals surface area contributed by atoms with Gasteiger partial charge in [0.15, 0.2) is 5.78 Å². The number of ether oxygens (including phenoxy) is 1. The number of carbonyl (C=O) groups is 2. The Morgan fingerprint density at radius 2 is 1.78 bits per heavy atom. The van der Waals surface area contributed by atoms with E-state index in [0.29, 0.717) is 26.7 Å². The summed E-state index contributed by atoms with van der Waals surface area (Å²) >= 11 is 12.0. The third kappa shape index (κ3) is 4.95. The second-order valence-electron chi connectivity index (χ2n) is 4.81. The number of rotatable bonds is 5. The van der Waals surface area contributed by atoms with Crippen LogP contribution in [0.5, 0.6) is 0 Å². The topological polar surface area (TPSA) is 43.4 Å². The zero-order chi connectivity index (χ0) is 16.8. The molecule has 118 valence electrons. The lowest BCUT2D eigenvalue weighted by Crippen LogP contribution is -2.12. The Kier molecular flexibility index (Phi) is 5.97. The highest BCUT2D eigenvalue weighted by Crippen LogP contribution is 2.24. The minimum atomic E-state index is -0.459. The number of hydrogen-bond acceptors (Lipinski definition) is 3. The molecule has 2 rings (SSSR count). The minimum absolute atomic E-state index is 0.123. The summed E-state index contributed by atoms with van der Waals surface area (Å²) in [7, 11) is 0. The first kappa shape index (κ1) is 17.3. The van der Waals surface area contributed by atoms with E-state index in [9.17, 15) is 9.59 Å². The molecule has 0 saturated heterocycles. The van der Waals surface area contributed by atoms with E-state index in [1.165, 1.54) is 6.92 Å². The first-order valence-corrected chi connectivity index (χ1v) is 7.61. The summed E-state index contributed by atoms with van der Waals surface area (Å²) in [6.45, 7) is 1.17. The molecule has 2 aromatic rings. The molecular formula is C18H14Cl2O3. The first-order chi connectivity index (χ1) is 11.0. The van der Waals surface area contributed by atoms with Gasteiger partial charge < -0.3 is 4.74 Å². The molecule has 0 unspecified atom stereocenters. The molecule has 0 N–H and O–H groups in total. The molecule has 0 bridgehead atoms. The number of benzene rings is 2. The monoisotopic (exact) mass is 348 g/mol. The van der Waals surface area contributed by atoms with Crippen molar-refractivity contribution >= 4 is 41.0 Å². The van der Waals surface area contributed by atoms with Gasteiger partial charge in [0.1, 0.15) is 6.61 Å². The molecule has 2 aromatic carbocycles. The van der Waals surface area contributed by atoms with E-state index in [-0.39, 0.29) is 12.4 Å². The highest BCUT2D eigenvalue weighted by molar-refractivity contribution is 6.35. The van der Waals surface area contributed by atoms with Gasteiger partial charge in [-0.1, -0.05) is 59.6 Å². The minimum Gasteiger partial charge on any atom is -0.461 e. The van der Waals surface area contributed by atoms with Crippen LogP contribution in [0.4, 0.5) is 0 Å². The number of ketones is 1. The van der Waals surface area contributed by atoms with Crippen LogP contribution >= 0.6 is 23.2 Å². The lowest BCUT2D eigenvalue weighted by Gasteiger charge is -2.08. The van der Waals surface area contributed by atoms with Crippen LogP contribution < -0.4 is 0 Å². The molecule has 3 nitrogen and oxygen atoms in total. The lowest BCUT2D eigenvalue weighted by molar-refractivity contribution is -0.139. The van der Waals surface area contributed by atoms with Crippen molar-refractivity contribution in [2.45, 2.75) is 6.92 Å². The van der Waals surface area contributed by atoms with Crippen LogP contribution in [0.1, 0.15) is 22.8 Å². The molecule has 0 heterocycles. The van der Waals surface area contributed by atoms with Gasteiger partial charge in [0.25, 0.3) is 0 Å². The molecule has 0 amide bonds. The van der Waals surface area contributed by atoms with E-state index in [2.05, 4.69) is 0 Å². The van der Waals surface area contributed by atoms with E-state index in [1.54, 1.807) is 48.5 Å². The van der Waals surface area contributed by atoms with Crippen molar-refractivity contribution in [3.63, 3.8) is 0 Å². The molecule has 0 fully saturated rings. The predicted octanol–water partition coefficient (Wildman–Crippen LogP) is 4.82. The highest BCUT2D eigenvalue weighted by Gasteiger charge is 2.14. The Labute approximate surface area is 144 Å². The smallest absolute Gasteiger partial charge is 0.302 e. The maximum absolute atomic E-state index is 12.6. The van der Waals surface area contributed by atoms with Crippen LogP contribution in [-0.2, 0) is 9.53 Å². The highest BCUT2D eigenvalue weighted by atomic mass is 35.5. The van der Waals surface area contributed by atoms with E-state index in [0.717, 1.165) is 0 Å². The molecule has 0 aliphatic heterocycles. The summed E-state index contributed by atoms with van der Waals surface area (Å²) in [6.07, 6.45) is 1.61. The summed E-state index contributed by atoms with van der Waals surface area (Å²) in [5, 5.41) is 0.918. The standard InChI is InChI=1S/C18H14Cl2O3/c1-12(21)23-11-15(18(22)13-5-3-2-4-6-13)9-14-7-8-16(19)10-17(14)20/h2-10H,11H2,1H3/b15-9+. The maximum atomic E-state index is 12.6. The van der Waals surface area contributed by atoms with Gasteiger partial charge in [0.05, 0.1) is 0 Å². The van der Waals surface area contributed by atoms with Crippen LogP contribution in [0.25, 0.3) is 6.08 Å². The summed E-state index contributed by atoms with van der Waals surface area (Å²) in [5.41, 5.74) is 1.47. The van der Waals surface area contributed by atoms with Crippen LogP contribution in [0.3, 0.4) is 0 Å². The second-order valence-corrected chi connectivity index (χ2v) is 5.65. The van der Waals surface area contributed by atoms with Crippen molar-refractivity contribution in [1.29, 1.82) is 0 Å². The van der Waals surface area contributed by atoms with Crippen LogP contribution in [0.15, 0.2) is 54.1 Å². The summed E-state index contributed by atoms with van der Waals surface area (Å²) < 4.78 is 4.99. The van der Waals surface area contributed by atoms with Crippen molar-refractivity contribution in [3.8, 4) is 0 Å².